The van der Waals surface area contributed by atoms with E-state index < -0.39 is 0 Å². The van der Waals surface area contributed by atoms with E-state index >= 15 is 0 Å². The minimum Gasteiger partial charge on any atom is -0.497 e. The van der Waals surface area contributed by atoms with Gasteiger partial charge in [-0.15, -0.1) is 11.6 Å². The maximum Gasteiger partial charge on any atom is 0.179 e. The van der Waals surface area contributed by atoms with Gasteiger partial charge in [-0.2, -0.15) is 0 Å². The summed E-state index contributed by atoms with van der Waals surface area (Å²) in [6, 6.07) is 17.2. The van der Waals surface area contributed by atoms with E-state index in [0.29, 0.717) is 30.6 Å². The van der Waals surface area contributed by atoms with Gasteiger partial charge in [0.15, 0.2) is 11.5 Å². The first-order valence-electron chi connectivity index (χ1n) is 8.78. The lowest BCUT2D eigenvalue weighted by Gasteiger charge is -2.14. The zero-order valence-corrected chi connectivity index (χ0v) is 16.6. The molecular weight excluding hydrogens is 378 g/mol. The molecule has 146 valence electrons. The molecule has 0 atom stereocenters. The standard InChI is InChI=1S/C22H22ClNO4/c1-25-19-7-3-16(4-8-19)14-27-21-11-18(12-23)24-13-22(21)28-15-17-5-9-20(26-2)10-6-17/h3-11,13H,12,14-15H2,1-2H3. The molecule has 0 amide bonds. The monoisotopic (exact) mass is 399 g/mol. The number of aromatic nitrogens is 1. The molecule has 0 aliphatic heterocycles. The van der Waals surface area contributed by atoms with Crippen LogP contribution < -0.4 is 18.9 Å². The van der Waals surface area contributed by atoms with Crippen molar-refractivity contribution >= 4 is 11.6 Å². The van der Waals surface area contributed by atoms with Crippen molar-refractivity contribution in [3.8, 4) is 23.0 Å². The third-order valence-electron chi connectivity index (χ3n) is 4.13. The summed E-state index contributed by atoms with van der Waals surface area (Å²) in [6.07, 6.45) is 1.64. The van der Waals surface area contributed by atoms with E-state index in [2.05, 4.69) is 4.98 Å². The first-order valence-corrected chi connectivity index (χ1v) is 9.31. The second-order valence-corrected chi connectivity index (χ2v) is 6.30. The van der Waals surface area contributed by atoms with Crippen LogP contribution in [0.3, 0.4) is 0 Å². The average Bonchev–Trinajstić information content (AvgIpc) is 2.77. The second-order valence-electron chi connectivity index (χ2n) is 6.03. The maximum absolute atomic E-state index is 5.98. The summed E-state index contributed by atoms with van der Waals surface area (Å²) in [5.74, 6) is 3.09. The Morgan fingerprint density at radius 1 is 0.750 bits per heavy atom. The topological polar surface area (TPSA) is 49.8 Å². The fourth-order valence-corrected chi connectivity index (χ4v) is 2.67. The van der Waals surface area contributed by atoms with Gasteiger partial charge < -0.3 is 18.9 Å². The van der Waals surface area contributed by atoms with Crippen molar-refractivity contribution in [1.82, 2.24) is 4.98 Å². The van der Waals surface area contributed by atoms with Gasteiger partial charge in [0, 0.05) is 6.07 Å². The van der Waals surface area contributed by atoms with Crippen LogP contribution in [-0.2, 0) is 19.1 Å². The Bertz CT molecular complexity index is 882. The normalized spacial score (nSPS) is 10.4. The van der Waals surface area contributed by atoms with Crippen molar-refractivity contribution in [3.63, 3.8) is 0 Å². The van der Waals surface area contributed by atoms with Gasteiger partial charge in [0.2, 0.25) is 0 Å². The highest BCUT2D eigenvalue weighted by atomic mass is 35.5. The smallest absolute Gasteiger partial charge is 0.179 e. The van der Waals surface area contributed by atoms with Gasteiger partial charge in [-0.05, 0) is 35.4 Å². The molecule has 0 bridgehead atoms. The maximum atomic E-state index is 5.98. The molecule has 5 nitrogen and oxygen atoms in total. The average molecular weight is 400 g/mol. The van der Waals surface area contributed by atoms with Crippen molar-refractivity contribution in [2.75, 3.05) is 14.2 Å². The summed E-state index contributed by atoms with van der Waals surface area (Å²) >= 11 is 5.92. The van der Waals surface area contributed by atoms with Crippen LogP contribution in [0.4, 0.5) is 0 Å². The zero-order chi connectivity index (χ0) is 19.8. The Labute approximate surface area is 169 Å². The summed E-state index contributed by atoms with van der Waals surface area (Å²) in [7, 11) is 3.28. The van der Waals surface area contributed by atoms with Crippen LogP contribution in [0.5, 0.6) is 23.0 Å². The number of benzene rings is 2. The van der Waals surface area contributed by atoms with Crippen LogP contribution in [0.2, 0.25) is 0 Å². The highest BCUT2D eigenvalue weighted by Gasteiger charge is 2.09. The first-order chi connectivity index (χ1) is 13.7. The van der Waals surface area contributed by atoms with Gasteiger partial charge in [0.05, 0.1) is 32.0 Å². The van der Waals surface area contributed by atoms with Crippen LogP contribution in [0, 0.1) is 0 Å². The Morgan fingerprint density at radius 3 is 1.71 bits per heavy atom. The van der Waals surface area contributed by atoms with E-state index in [-0.39, 0.29) is 0 Å². The molecule has 0 aliphatic carbocycles. The van der Waals surface area contributed by atoms with Crippen molar-refractivity contribution in [3.05, 3.63) is 77.6 Å². The fraction of sp³-hybridized carbons (Fsp3) is 0.227. The summed E-state index contributed by atoms with van der Waals surface area (Å²) in [5.41, 5.74) is 2.76. The second kappa shape index (κ2) is 9.85. The predicted octanol–water partition coefficient (Wildman–Crippen LogP) is 5.00. The van der Waals surface area contributed by atoms with Crippen molar-refractivity contribution < 1.29 is 18.9 Å². The minimum atomic E-state index is 0.303. The molecule has 3 aromatic rings. The molecule has 0 saturated carbocycles. The summed E-state index contributed by atoms with van der Waals surface area (Å²) in [6.45, 7) is 0.791. The van der Waals surface area contributed by atoms with Crippen LogP contribution in [0.25, 0.3) is 0 Å². The number of methoxy groups -OCH3 is 2. The predicted molar refractivity (Wildman–Crippen MR) is 108 cm³/mol. The highest BCUT2D eigenvalue weighted by molar-refractivity contribution is 6.16. The summed E-state index contributed by atoms with van der Waals surface area (Å²) in [4.78, 5) is 4.30. The molecule has 3 rings (SSSR count). The number of hydrogen-bond donors (Lipinski definition) is 0. The van der Waals surface area contributed by atoms with E-state index in [9.17, 15) is 0 Å². The van der Waals surface area contributed by atoms with Gasteiger partial charge in [0.1, 0.15) is 24.7 Å². The van der Waals surface area contributed by atoms with Crippen LogP contribution in [-0.4, -0.2) is 19.2 Å². The van der Waals surface area contributed by atoms with Gasteiger partial charge >= 0.3 is 0 Å². The highest BCUT2D eigenvalue weighted by Crippen LogP contribution is 2.29. The fourth-order valence-electron chi connectivity index (χ4n) is 2.52. The number of halogens is 1. The van der Waals surface area contributed by atoms with Crippen molar-refractivity contribution in [2.24, 2.45) is 0 Å². The number of pyridine rings is 1. The Hall–Kier alpha value is -2.92. The molecule has 0 saturated heterocycles. The van der Waals surface area contributed by atoms with Crippen molar-refractivity contribution in [1.29, 1.82) is 0 Å². The molecule has 0 spiro atoms. The summed E-state index contributed by atoms with van der Waals surface area (Å²) in [5, 5.41) is 0. The van der Waals surface area contributed by atoms with Gasteiger partial charge in [-0.3, -0.25) is 4.98 Å². The number of alkyl halides is 1. The van der Waals surface area contributed by atoms with Gasteiger partial charge in [-0.25, -0.2) is 0 Å². The zero-order valence-electron chi connectivity index (χ0n) is 15.9. The molecule has 1 aromatic heterocycles. The Kier molecular flexibility index (Phi) is 6.98. The van der Waals surface area contributed by atoms with E-state index in [1.165, 1.54) is 0 Å². The Morgan fingerprint density at radius 2 is 1.25 bits per heavy atom. The molecular formula is C22H22ClNO4. The first kappa shape index (κ1) is 19.8. The molecule has 2 aromatic carbocycles. The number of rotatable bonds is 9. The molecule has 0 aliphatic rings. The third kappa shape index (κ3) is 5.30. The lowest BCUT2D eigenvalue weighted by molar-refractivity contribution is 0.254. The van der Waals surface area contributed by atoms with Gasteiger partial charge in [-0.1, -0.05) is 24.3 Å². The quantitative estimate of drug-likeness (QED) is 0.474. The Balaban J connectivity index is 1.69. The van der Waals surface area contributed by atoms with Crippen LogP contribution in [0.1, 0.15) is 16.8 Å². The van der Waals surface area contributed by atoms with Gasteiger partial charge in [0.25, 0.3) is 0 Å². The lowest BCUT2D eigenvalue weighted by Crippen LogP contribution is -2.02. The molecule has 0 fully saturated rings. The van der Waals surface area contributed by atoms with E-state index in [1.807, 2.05) is 48.5 Å². The van der Waals surface area contributed by atoms with E-state index in [4.69, 9.17) is 30.5 Å². The van der Waals surface area contributed by atoms with E-state index in [0.717, 1.165) is 28.3 Å². The summed E-state index contributed by atoms with van der Waals surface area (Å²) < 4.78 is 22.3. The largest absolute Gasteiger partial charge is 0.497 e. The van der Waals surface area contributed by atoms with Crippen molar-refractivity contribution in [2.45, 2.75) is 19.1 Å². The number of nitrogens with zero attached hydrogens (tertiary/aromatic N) is 1. The number of hydrogen-bond acceptors (Lipinski definition) is 5. The molecule has 6 heteroatoms. The molecule has 0 unspecified atom stereocenters. The molecule has 1 heterocycles. The molecule has 0 N–H and O–H groups in total. The third-order valence-corrected chi connectivity index (χ3v) is 4.41. The van der Waals surface area contributed by atoms with Crippen LogP contribution >= 0.6 is 11.6 Å². The minimum absolute atomic E-state index is 0.303. The van der Waals surface area contributed by atoms with E-state index in [1.54, 1.807) is 26.5 Å². The number of ether oxygens (including phenoxy) is 4. The molecule has 0 radical (unpaired) electrons. The lowest BCUT2D eigenvalue weighted by atomic mass is 10.2. The SMILES string of the molecule is COc1ccc(COc2cnc(CCl)cc2OCc2ccc(OC)cc2)cc1. The van der Waals surface area contributed by atoms with Crippen LogP contribution in [0.15, 0.2) is 60.8 Å². The molecule has 28 heavy (non-hydrogen) atoms.